The normalized spacial score (nSPS) is 14.2. The largest absolute Gasteiger partial charge is 0.493 e. The summed E-state index contributed by atoms with van der Waals surface area (Å²) in [5.74, 6) is 1.60. The predicted molar refractivity (Wildman–Crippen MR) is 116 cm³/mol. The van der Waals surface area contributed by atoms with Gasteiger partial charge in [0, 0.05) is 32.7 Å². The number of carbonyl (C=O) groups is 2. The molecule has 166 valence electrons. The molecule has 0 aromatic heterocycles. The van der Waals surface area contributed by atoms with Gasteiger partial charge in [-0.2, -0.15) is 0 Å². The summed E-state index contributed by atoms with van der Waals surface area (Å²) >= 11 is 0. The van der Waals surface area contributed by atoms with Crippen LogP contribution in [0.15, 0.2) is 42.5 Å². The van der Waals surface area contributed by atoms with Crippen LogP contribution in [0.25, 0.3) is 0 Å². The van der Waals surface area contributed by atoms with Crippen molar-refractivity contribution >= 4 is 11.8 Å². The van der Waals surface area contributed by atoms with Crippen LogP contribution in [-0.4, -0.2) is 68.6 Å². The molecule has 8 heteroatoms. The minimum Gasteiger partial charge on any atom is -0.493 e. The highest BCUT2D eigenvalue weighted by atomic mass is 16.5. The Labute approximate surface area is 182 Å². The molecule has 1 saturated heterocycles. The Kier molecular flexibility index (Phi) is 7.72. The molecule has 0 aliphatic carbocycles. The number of hydrogen-bond acceptors (Lipinski definition) is 6. The molecule has 0 atom stereocenters. The van der Waals surface area contributed by atoms with E-state index < -0.39 is 0 Å². The smallest absolute Gasteiger partial charge is 0.260 e. The molecule has 0 unspecified atom stereocenters. The van der Waals surface area contributed by atoms with Crippen molar-refractivity contribution in [1.29, 1.82) is 0 Å². The van der Waals surface area contributed by atoms with Crippen LogP contribution in [-0.2, 0) is 22.6 Å². The van der Waals surface area contributed by atoms with E-state index in [1.165, 1.54) is 0 Å². The van der Waals surface area contributed by atoms with Crippen LogP contribution >= 0.6 is 0 Å². The number of carbonyl (C=O) groups excluding carboxylic acids is 2. The second-order valence-electron chi connectivity index (χ2n) is 7.42. The molecule has 0 radical (unpaired) electrons. The van der Waals surface area contributed by atoms with E-state index >= 15 is 0 Å². The number of nitrogens with zero attached hydrogens (tertiary/aromatic N) is 2. The first-order valence-corrected chi connectivity index (χ1v) is 10.2. The van der Waals surface area contributed by atoms with Gasteiger partial charge in [0.2, 0.25) is 5.91 Å². The maximum atomic E-state index is 12.5. The molecule has 0 bridgehead atoms. The lowest BCUT2D eigenvalue weighted by Crippen LogP contribution is -2.49. The lowest BCUT2D eigenvalue weighted by Gasteiger charge is -2.34. The van der Waals surface area contributed by atoms with E-state index in [0.717, 1.165) is 30.8 Å². The summed E-state index contributed by atoms with van der Waals surface area (Å²) in [6, 6.07) is 13.0. The van der Waals surface area contributed by atoms with Gasteiger partial charge in [0.25, 0.3) is 5.91 Å². The molecule has 2 amide bonds. The van der Waals surface area contributed by atoms with Gasteiger partial charge in [-0.1, -0.05) is 18.2 Å². The van der Waals surface area contributed by atoms with Crippen LogP contribution in [0.5, 0.6) is 17.2 Å². The number of methoxy groups -OCH3 is 2. The summed E-state index contributed by atoms with van der Waals surface area (Å²) < 4.78 is 16.3. The maximum Gasteiger partial charge on any atom is 0.260 e. The van der Waals surface area contributed by atoms with Crippen molar-refractivity contribution < 1.29 is 23.8 Å². The Bertz CT molecular complexity index is 893. The fourth-order valence-corrected chi connectivity index (χ4v) is 3.53. The number of nitrogens with two attached hydrogens (primary N) is 1. The summed E-state index contributed by atoms with van der Waals surface area (Å²) in [5.41, 5.74) is 7.14. The van der Waals surface area contributed by atoms with E-state index in [1.807, 2.05) is 23.1 Å². The number of rotatable bonds is 9. The molecule has 2 N–H and O–H groups in total. The van der Waals surface area contributed by atoms with Gasteiger partial charge in [-0.15, -0.1) is 0 Å². The second-order valence-corrected chi connectivity index (χ2v) is 7.42. The first-order valence-electron chi connectivity index (χ1n) is 10.2. The molecule has 8 nitrogen and oxygen atoms in total. The maximum absolute atomic E-state index is 12.5. The molecule has 0 saturated carbocycles. The topological polar surface area (TPSA) is 94.3 Å². The van der Waals surface area contributed by atoms with Gasteiger partial charge in [0.15, 0.2) is 18.1 Å². The van der Waals surface area contributed by atoms with Crippen LogP contribution in [0.2, 0.25) is 0 Å². The molecular weight excluding hydrogens is 398 g/mol. The van der Waals surface area contributed by atoms with Crippen molar-refractivity contribution in [3.8, 4) is 17.2 Å². The standard InChI is InChI=1S/C23H29N3O5/c1-29-20-8-5-18(13-21(20)30-2)15-25-9-11-26(12-10-25)23(28)16-31-19-6-3-17(4-7-19)14-22(24)27/h3-8,13H,9-12,14-16H2,1-2H3,(H2,24,27). The van der Waals surface area contributed by atoms with E-state index in [9.17, 15) is 9.59 Å². The Morgan fingerprint density at radius 3 is 2.16 bits per heavy atom. The quantitative estimate of drug-likeness (QED) is 0.651. The minimum atomic E-state index is -0.380. The van der Waals surface area contributed by atoms with Crippen LogP contribution < -0.4 is 19.9 Å². The fourth-order valence-electron chi connectivity index (χ4n) is 3.53. The van der Waals surface area contributed by atoms with Crippen LogP contribution in [0, 0.1) is 0 Å². The van der Waals surface area contributed by atoms with Gasteiger partial charge in [-0.3, -0.25) is 14.5 Å². The van der Waals surface area contributed by atoms with Gasteiger partial charge in [-0.25, -0.2) is 0 Å². The highest BCUT2D eigenvalue weighted by molar-refractivity contribution is 5.78. The monoisotopic (exact) mass is 427 g/mol. The third kappa shape index (κ3) is 6.36. The minimum absolute atomic E-state index is 0.00908. The number of ether oxygens (including phenoxy) is 3. The van der Waals surface area contributed by atoms with Crippen molar-refractivity contribution in [2.45, 2.75) is 13.0 Å². The SMILES string of the molecule is COc1ccc(CN2CCN(C(=O)COc3ccc(CC(N)=O)cc3)CC2)cc1OC. The molecule has 0 spiro atoms. The van der Waals surface area contributed by atoms with Crippen LogP contribution in [0.1, 0.15) is 11.1 Å². The Balaban J connectivity index is 1.44. The van der Waals surface area contributed by atoms with E-state index in [0.29, 0.717) is 30.3 Å². The highest BCUT2D eigenvalue weighted by Crippen LogP contribution is 2.28. The van der Waals surface area contributed by atoms with E-state index in [-0.39, 0.29) is 24.8 Å². The lowest BCUT2D eigenvalue weighted by atomic mass is 10.1. The zero-order valence-electron chi connectivity index (χ0n) is 18.0. The second kappa shape index (κ2) is 10.7. The molecule has 2 aromatic carbocycles. The van der Waals surface area contributed by atoms with Crippen LogP contribution in [0.3, 0.4) is 0 Å². The Morgan fingerprint density at radius 2 is 1.55 bits per heavy atom. The molecular formula is C23H29N3O5. The van der Waals surface area contributed by atoms with Gasteiger partial charge in [-0.05, 0) is 35.4 Å². The first-order chi connectivity index (χ1) is 15.0. The van der Waals surface area contributed by atoms with E-state index in [4.69, 9.17) is 19.9 Å². The molecule has 1 aliphatic heterocycles. The zero-order valence-corrected chi connectivity index (χ0v) is 18.0. The van der Waals surface area contributed by atoms with Crippen molar-refractivity contribution in [3.63, 3.8) is 0 Å². The summed E-state index contributed by atoms with van der Waals surface area (Å²) in [6.45, 7) is 3.69. The van der Waals surface area contributed by atoms with Crippen molar-refractivity contribution in [2.24, 2.45) is 5.73 Å². The average Bonchev–Trinajstić information content (AvgIpc) is 2.78. The van der Waals surface area contributed by atoms with Crippen molar-refractivity contribution in [3.05, 3.63) is 53.6 Å². The number of hydrogen-bond donors (Lipinski definition) is 1. The van der Waals surface area contributed by atoms with Gasteiger partial charge < -0.3 is 24.8 Å². The summed E-state index contributed by atoms with van der Waals surface area (Å²) in [5, 5.41) is 0. The highest BCUT2D eigenvalue weighted by Gasteiger charge is 2.21. The fraction of sp³-hybridized carbons (Fsp3) is 0.391. The van der Waals surface area contributed by atoms with Crippen molar-refractivity contribution in [2.75, 3.05) is 47.0 Å². The molecule has 1 aliphatic rings. The average molecular weight is 428 g/mol. The summed E-state index contributed by atoms with van der Waals surface area (Å²) in [4.78, 5) is 27.6. The summed E-state index contributed by atoms with van der Waals surface area (Å²) in [7, 11) is 3.25. The Hall–Kier alpha value is -3.26. The number of piperazine rings is 1. The predicted octanol–water partition coefficient (Wildman–Crippen LogP) is 1.45. The molecule has 1 heterocycles. The zero-order chi connectivity index (χ0) is 22.2. The number of benzene rings is 2. The third-order valence-corrected chi connectivity index (χ3v) is 5.24. The molecule has 31 heavy (non-hydrogen) atoms. The molecule has 2 aromatic rings. The first kappa shape index (κ1) is 22.4. The van der Waals surface area contributed by atoms with Gasteiger partial charge in [0.1, 0.15) is 5.75 Å². The molecule has 1 fully saturated rings. The number of amides is 2. The van der Waals surface area contributed by atoms with Crippen molar-refractivity contribution in [1.82, 2.24) is 9.80 Å². The summed E-state index contributed by atoms with van der Waals surface area (Å²) in [6.07, 6.45) is 0.187. The molecule has 3 rings (SSSR count). The van der Waals surface area contributed by atoms with Gasteiger partial charge in [0.05, 0.1) is 20.6 Å². The van der Waals surface area contributed by atoms with E-state index in [2.05, 4.69) is 4.90 Å². The third-order valence-electron chi connectivity index (χ3n) is 5.24. The Morgan fingerprint density at radius 1 is 0.903 bits per heavy atom. The lowest BCUT2D eigenvalue weighted by molar-refractivity contribution is -0.135. The number of primary amides is 1. The van der Waals surface area contributed by atoms with E-state index in [1.54, 1.807) is 38.5 Å². The van der Waals surface area contributed by atoms with Crippen LogP contribution in [0.4, 0.5) is 0 Å². The van der Waals surface area contributed by atoms with Gasteiger partial charge >= 0.3 is 0 Å².